The molecule has 2 heterocycles. The van der Waals surface area contributed by atoms with Crippen molar-refractivity contribution in [3.8, 4) is 0 Å². The molecule has 0 saturated carbocycles. The Labute approximate surface area is 105 Å². The average Bonchev–Trinajstić information content (AvgIpc) is 2.59. The van der Waals surface area contributed by atoms with Crippen LogP contribution in [0.5, 0.6) is 0 Å². The summed E-state index contributed by atoms with van der Waals surface area (Å²) < 4.78 is 7.27. The van der Waals surface area contributed by atoms with Crippen molar-refractivity contribution < 1.29 is 4.74 Å². The van der Waals surface area contributed by atoms with Gasteiger partial charge in [-0.15, -0.1) is 0 Å². The number of nitrogen functional groups attached to an aromatic ring is 1. The molecule has 6 heteroatoms. The molecule has 1 unspecified atom stereocenters. The molecule has 0 aliphatic carbocycles. The zero-order chi connectivity index (χ0) is 12.6. The molecule has 17 heavy (non-hydrogen) atoms. The van der Waals surface area contributed by atoms with Crippen molar-refractivity contribution in [2.45, 2.75) is 44.9 Å². The molecule has 1 aliphatic rings. The van der Waals surface area contributed by atoms with Crippen LogP contribution in [0.25, 0.3) is 0 Å². The van der Waals surface area contributed by atoms with E-state index in [0.29, 0.717) is 6.54 Å². The molecule has 0 bridgehead atoms. The molecule has 2 N–H and O–H groups in total. The Kier molecular flexibility index (Phi) is 3.14. The summed E-state index contributed by atoms with van der Waals surface area (Å²) in [5, 5.41) is 0.0546. The minimum Gasteiger partial charge on any atom is -0.392 e. The molecule has 1 fully saturated rings. The van der Waals surface area contributed by atoms with E-state index in [1.165, 1.54) is 10.9 Å². The Morgan fingerprint density at radius 1 is 1.71 bits per heavy atom. The number of hydrogen-bond acceptors (Lipinski definition) is 4. The molecule has 0 aromatic carbocycles. The summed E-state index contributed by atoms with van der Waals surface area (Å²) >= 11 is 5.67. The van der Waals surface area contributed by atoms with Crippen molar-refractivity contribution >= 4 is 17.3 Å². The van der Waals surface area contributed by atoms with Gasteiger partial charge in [0, 0.05) is 0 Å². The lowest BCUT2D eigenvalue weighted by Crippen LogP contribution is -2.30. The number of aromatic nitrogens is 2. The molecule has 0 amide bonds. The topological polar surface area (TPSA) is 70.1 Å². The Morgan fingerprint density at radius 3 is 3.00 bits per heavy atom. The molecule has 0 spiro atoms. The van der Waals surface area contributed by atoms with Crippen LogP contribution in [0.2, 0.25) is 5.15 Å². The van der Waals surface area contributed by atoms with Gasteiger partial charge in [-0.1, -0.05) is 11.6 Å². The molecule has 1 atom stereocenters. The number of nitrogens with zero attached hydrogens (tertiary/aromatic N) is 2. The van der Waals surface area contributed by atoms with E-state index in [1.807, 2.05) is 13.8 Å². The predicted octanol–water partition coefficient (Wildman–Crippen LogP) is 1.44. The minimum atomic E-state index is -0.307. The lowest BCUT2D eigenvalue weighted by molar-refractivity contribution is -0.0221. The molecular formula is C11H16ClN3O2. The number of nitrogens with two attached hydrogens (primary N) is 1. The fourth-order valence-electron chi connectivity index (χ4n) is 2.04. The van der Waals surface area contributed by atoms with E-state index in [9.17, 15) is 4.79 Å². The SMILES string of the molecule is CC1(C)CCC(Cn2cnc(Cl)c(N)c2=O)O1. The minimum absolute atomic E-state index is 0.00794. The quantitative estimate of drug-likeness (QED) is 0.814. The largest absolute Gasteiger partial charge is 0.392 e. The summed E-state index contributed by atoms with van der Waals surface area (Å²) in [5.74, 6) is 0. The van der Waals surface area contributed by atoms with E-state index in [-0.39, 0.29) is 28.1 Å². The standard InChI is InChI=1S/C11H16ClN3O2/c1-11(2)4-3-7(17-11)5-15-6-14-9(12)8(13)10(15)16/h6-7H,3-5,13H2,1-2H3. The van der Waals surface area contributed by atoms with Gasteiger partial charge in [0.2, 0.25) is 0 Å². The summed E-state index contributed by atoms with van der Waals surface area (Å²) in [6, 6.07) is 0. The molecule has 1 aliphatic heterocycles. The second-order valence-electron chi connectivity index (χ2n) is 4.94. The van der Waals surface area contributed by atoms with Crippen LogP contribution in [0.3, 0.4) is 0 Å². The van der Waals surface area contributed by atoms with Gasteiger partial charge in [0.15, 0.2) is 5.15 Å². The molecule has 1 aromatic rings. The summed E-state index contributed by atoms with van der Waals surface area (Å²) in [6.45, 7) is 4.56. The third kappa shape index (κ3) is 2.61. The Balaban J connectivity index is 2.16. The van der Waals surface area contributed by atoms with Crippen LogP contribution in [0.1, 0.15) is 26.7 Å². The van der Waals surface area contributed by atoms with Crippen molar-refractivity contribution in [2.24, 2.45) is 0 Å². The summed E-state index contributed by atoms with van der Waals surface area (Å²) in [4.78, 5) is 15.7. The molecule has 1 aromatic heterocycles. The molecule has 94 valence electrons. The average molecular weight is 258 g/mol. The van der Waals surface area contributed by atoms with Crippen molar-refractivity contribution in [3.63, 3.8) is 0 Å². The molecule has 0 radical (unpaired) electrons. The fourth-order valence-corrected chi connectivity index (χ4v) is 2.17. The molecule has 5 nitrogen and oxygen atoms in total. The highest BCUT2D eigenvalue weighted by Crippen LogP contribution is 2.29. The van der Waals surface area contributed by atoms with Crippen molar-refractivity contribution in [3.05, 3.63) is 21.8 Å². The fraction of sp³-hybridized carbons (Fsp3) is 0.636. The Hall–Kier alpha value is -1.07. The van der Waals surface area contributed by atoms with Crippen LogP contribution >= 0.6 is 11.6 Å². The Morgan fingerprint density at radius 2 is 2.41 bits per heavy atom. The van der Waals surface area contributed by atoms with Gasteiger partial charge in [-0.25, -0.2) is 4.98 Å². The highest BCUT2D eigenvalue weighted by Gasteiger charge is 2.31. The zero-order valence-electron chi connectivity index (χ0n) is 9.94. The van der Waals surface area contributed by atoms with Crippen molar-refractivity contribution in [1.82, 2.24) is 9.55 Å². The third-order valence-corrected chi connectivity index (χ3v) is 3.28. The van der Waals surface area contributed by atoms with E-state index in [1.54, 1.807) is 0 Å². The summed E-state index contributed by atoms with van der Waals surface area (Å²) in [6.07, 6.45) is 3.37. The van der Waals surface area contributed by atoms with Gasteiger partial charge in [-0.2, -0.15) is 0 Å². The number of halogens is 1. The highest BCUT2D eigenvalue weighted by atomic mass is 35.5. The van der Waals surface area contributed by atoms with Crippen LogP contribution < -0.4 is 11.3 Å². The first-order valence-electron chi connectivity index (χ1n) is 5.57. The van der Waals surface area contributed by atoms with Gasteiger partial charge >= 0.3 is 0 Å². The number of ether oxygens (including phenoxy) is 1. The normalized spacial score (nSPS) is 22.9. The van der Waals surface area contributed by atoms with Gasteiger partial charge in [-0.3, -0.25) is 9.36 Å². The van der Waals surface area contributed by atoms with E-state index >= 15 is 0 Å². The second kappa shape index (κ2) is 4.31. The zero-order valence-corrected chi connectivity index (χ0v) is 10.7. The summed E-state index contributed by atoms with van der Waals surface area (Å²) in [7, 11) is 0. The van der Waals surface area contributed by atoms with Crippen molar-refractivity contribution in [2.75, 3.05) is 5.73 Å². The van der Waals surface area contributed by atoms with Crippen LogP contribution in [-0.2, 0) is 11.3 Å². The van der Waals surface area contributed by atoms with Crippen LogP contribution in [-0.4, -0.2) is 21.3 Å². The van der Waals surface area contributed by atoms with Crippen LogP contribution in [0, 0.1) is 0 Å². The second-order valence-corrected chi connectivity index (χ2v) is 5.30. The van der Waals surface area contributed by atoms with Crippen molar-refractivity contribution in [1.29, 1.82) is 0 Å². The summed E-state index contributed by atoms with van der Waals surface area (Å²) in [5.41, 5.74) is 5.12. The Bertz CT molecular complexity index is 484. The highest BCUT2D eigenvalue weighted by molar-refractivity contribution is 6.31. The molecule has 1 saturated heterocycles. The first kappa shape index (κ1) is 12.4. The van der Waals surface area contributed by atoms with Gasteiger partial charge in [0.1, 0.15) is 5.69 Å². The maximum atomic E-state index is 11.8. The van der Waals surface area contributed by atoms with Gasteiger partial charge in [-0.05, 0) is 26.7 Å². The van der Waals surface area contributed by atoms with Crippen LogP contribution in [0.15, 0.2) is 11.1 Å². The number of hydrogen-bond donors (Lipinski definition) is 1. The lowest BCUT2D eigenvalue weighted by Gasteiger charge is -2.19. The van der Waals surface area contributed by atoms with Crippen LogP contribution in [0.4, 0.5) is 5.69 Å². The van der Waals surface area contributed by atoms with E-state index in [2.05, 4.69) is 4.98 Å². The predicted molar refractivity (Wildman–Crippen MR) is 66.1 cm³/mol. The first-order chi connectivity index (χ1) is 7.89. The van der Waals surface area contributed by atoms with Gasteiger partial charge in [0.05, 0.1) is 24.6 Å². The molecular weight excluding hydrogens is 242 g/mol. The molecule has 2 rings (SSSR count). The van der Waals surface area contributed by atoms with E-state index in [4.69, 9.17) is 22.1 Å². The van der Waals surface area contributed by atoms with E-state index < -0.39 is 0 Å². The number of anilines is 1. The first-order valence-corrected chi connectivity index (χ1v) is 5.95. The number of rotatable bonds is 2. The maximum absolute atomic E-state index is 11.8. The van der Waals surface area contributed by atoms with Gasteiger partial charge < -0.3 is 10.5 Å². The van der Waals surface area contributed by atoms with E-state index in [0.717, 1.165) is 12.8 Å². The monoisotopic (exact) mass is 257 g/mol. The lowest BCUT2D eigenvalue weighted by atomic mass is 10.1. The smallest absolute Gasteiger partial charge is 0.278 e. The third-order valence-electron chi connectivity index (χ3n) is 2.98. The van der Waals surface area contributed by atoms with Gasteiger partial charge in [0.25, 0.3) is 5.56 Å². The maximum Gasteiger partial charge on any atom is 0.278 e.